The summed E-state index contributed by atoms with van der Waals surface area (Å²) in [5.74, 6) is 0.114. The third-order valence-corrected chi connectivity index (χ3v) is 7.70. The van der Waals surface area contributed by atoms with E-state index in [2.05, 4.69) is 16.0 Å². The van der Waals surface area contributed by atoms with Crippen LogP contribution >= 0.6 is 34.8 Å². The molecule has 7 heteroatoms. The standard InChI is InChI=1S/C29H26Cl3N3O/c30-23-9-7-20(8-10-23)28-19-34(14-15-35(28)27-12-11-24(31)17-26(27)32)29(36)16-21-4-1-2-6-25(21)22-5-3-13-33-18-22/h1-7,9,11-13,17-18,28H,8,10,14-16,19H2. The zero-order valence-electron chi connectivity index (χ0n) is 19.7. The van der Waals surface area contributed by atoms with Crippen LogP contribution in [0.5, 0.6) is 0 Å². The van der Waals surface area contributed by atoms with E-state index in [-0.39, 0.29) is 11.9 Å². The summed E-state index contributed by atoms with van der Waals surface area (Å²) >= 11 is 19.0. The molecule has 1 aliphatic heterocycles. The molecule has 0 N–H and O–H groups in total. The van der Waals surface area contributed by atoms with Crippen LogP contribution in [0.3, 0.4) is 0 Å². The summed E-state index contributed by atoms with van der Waals surface area (Å²) in [6, 6.07) is 17.6. The zero-order valence-corrected chi connectivity index (χ0v) is 22.0. The van der Waals surface area contributed by atoms with Crippen LogP contribution in [0, 0.1) is 0 Å². The van der Waals surface area contributed by atoms with Crippen molar-refractivity contribution in [3.05, 3.63) is 105 Å². The minimum atomic E-state index is 0.0101. The van der Waals surface area contributed by atoms with Crippen LogP contribution in [0.25, 0.3) is 11.1 Å². The highest BCUT2D eigenvalue weighted by molar-refractivity contribution is 6.36. The molecular weight excluding hydrogens is 513 g/mol. The Morgan fingerprint density at radius 3 is 2.58 bits per heavy atom. The van der Waals surface area contributed by atoms with E-state index < -0.39 is 0 Å². The number of carbonyl (C=O) groups is 1. The fourth-order valence-corrected chi connectivity index (χ4v) is 5.66. The van der Waals surface area contributed by atoms with Gasteiger partial charge < -0.3 is 9.80 Å². The van der Waals surface area contributed by atoms with Crippen molar-refractivity contribution in [1.29, 1.82) is 0 Å². The monoisotopic (exact) mass is 537 g/mol. The molecule has 2 aromatic carbocycles. The maximum absolute atomic E-state index is 13.6. The van der Waals surface area contributed by atoms with Crippen molar-refractivity contribution < 1.29 is 4.79 Å². The molecule has 1 amide bonds. The zero-order chi connectivity index (χ0) is 25.1. The number of benzene rings is 2. The molecule has 4 nitrogen and oxygen atoms in total. The van der Waals surface area contributed by atoms with Crippen LogP contribution in [0.2, 0.25) is 10.0 Å². The van der Waals surface area contributed by atoms with Crippen LogP contribution in [-0.4, -0.2) is 41.5 Å². The maximum Gasteiger partial charge on any atom is 0.227 e. The second-order valence-corrected chi connectivity index (χ2v) is 10.4. The van der Waals surface area contributed by atoms with Gasteiger partial charge in [-0.25, -0.2) is 0 Å². The van der Waals surface area contributed by atoms with Gasteiger partial charge in [0.1, 0.15) is 0 Å². The molecule has 36 heavy (non-hydrogen) atoms. The van der Waals surface area contributed by atoms with Gasteiger partial charge in [0.25, 0.3) is 0 Å². The molecule has 0 radical (unpaired) electrons. The molecule has 1 fully saturated rings. The van der Waals surface area contributed by atoms with Crippen molar-refractivity contribution in [2.75, 3.05) is 24.5 Å². The fourth-order valence-electron chi connectivity index (χ4n) is 4.99. The number of pyridine rings is 1. The van der Waals surface area contributed by atoms with Crippen molar-refractivity contribution in [3.63, 3.8) is 0 Å². The van der Waals surface area contributed by atoms with Crippen LogP contribution in [0.1, 0.15) is 18.4 Å². The summed E-state index contributed by atoms with van der Waals surface area (Å²) < 4.78 is 0. The number of amides is 1. The van der Waals surface area contributed by atoms with Gasteiger partial charge in [0.15, 0.2) is 0 Å². The number of hydrogen-bond donors (Lipinski definition) is 0. The molecule has 1 aromatic heterocycles. The number of halogens is 3. The lowest BCUT2D eigenvalue weighted by molar-refractivity contribution is -0.131. The quantitative estimate of drug-likeness (QED) is 0.346. The van der Waals surface area contributed by atoms with E-state index in [1.165, 1.54) is 5.57 Å². The van der Waals surface area contributed by atoms with Crippen LogP contribution in [-0.2, 0) is 11.2 Å². The van der Waals surface area contributed by atoms with Crippen molar-refractivity contribution in [3.8, 4) is 11.1 Å². The van der Waals surface area contributed by atoms with E-state index in [4.69, 9.17) is 34.8 Å². The maximum atomic E-state index is 13.6. The Labute approximate surface area is 226 Å². The largest absolute Gasteiger partial charge is 0.360 e. The molecule has 5 rings (SSSR count). The number of allylic oxidation sites excluding steroid dienone is 3. The normalized spacial score (nSPS) is 18.0. The molecule has 0 bridgehead atoms. The number of rotatable bonds is 5. The van der Waals surface area contributed by atoms with Gasteiger partial charge in [-0.15, -0.1) is 0 Å². The van der Waals surface area contributed by atoms with E-state index in [9.17, 15) is 4.79 Å². The Morgan fingerprint density at radius 2 is 1.83 bits per heavy atom. The number of aromatic nitrogens is 1. The number of anilines is 1. The molecule has 1 atom stereocenters. The SMILES string of the molecule is O=C(Cc1ccccc1-c1cccnc1)N1CCN(c2ccc(Cl)cc2Cl)C(C2=CC=C(Cl)CC2)C1. The first-order valence-electron chi connectivity index (χ1n) is 12.0. The third kappa shape index (κ3) is 5.46. The van der Waals surface area contributed by atoms with Gasteiger partial charge in [0.05, 0.1) is 23.2 Å². The van der Waals surface area contributed by atoms with Crippen molar-refractivity contribution in [2.45, 2.75) is 25.3 Å². The van der Waals surface area contributed by atoms with Crippen LogP contribution in [0.4, 0.5) is 5.69 Å². The van der Waals surface area contributed by atoms with Crippen LogP contribution in [0.15, 0.2) is 89.7 Å². The fraction of sp³-hybridized carbons (Fsp3) is 0.241. The first-order valence-corrected chi connectivity index (χ1v) is 13.2. The first-order chi connectivity index (χ1) is 17.5. The average molecular weight is 539 g/mol. The number of piperazine rings is 1. The molecule has 0 spiro atoms. The second-order valence-electron chi connectivity index (χ2n) is 9.08. The molecule has 1 unspecified atom stereocenters. The van der Waals surface area contributed by atoms with Crippen molar-refractivity contribution >= 4 is 46.4 Å². The van der Waals surface area contributed by atoms with Crippen LogP contribution < -0.4 is 4.90 Å². The summed E-state index contributed by atoms with van der Waals surface area (Å²) in [7, 11) is 0. The summed E-state index contributed by atoms with van der Waals surface area (Å²) in [5, 5.41) is 2.07. The van der Waals surface area contributed by atoms with E-state index in [0.29, 0.717) is 36.1 Å². The predicted octanol–water partition coefficient (Wildman–Crippen LogP) is 7.16. The van der Waals surface area contributed by atoms with E-state index in [0.717, 1.165) is 40.3 Å². The molecule has 2 heterocycles. The van der Waals surface area contributed by atoms with Gasteiger partial charge >= 0.3 is 0 Å². The predicted molar refractivity (Wildman–Crippen MR) is 149 cm³/mol. The van der Waals surface area contributed by atoms with Gasteiger partial charge in [-0.1, -0.05) is 71.2 Å². The van der Waals surface area contributed by atoms with Gasteiger partial charge in [-0.05, 0) is 59.9 Å². The molecule has 1 aliphatic carbocycles. The van der Waals surface area contributed by atoms with E-state index >= 15 is 0 Å². The summed E-state index contributed by atoms with van der Waals surface area (Å²) in [6.45, 7) is 1.88. The molecular formula is C29H26Cl3N3O. The summed E-state index contributed by atoms with van der Waals surface area (Å²) in [5.41, 5.74) is 5.23. The Balaban J connectivity index is 1.40. The minimum Gasteiger partial charge on any atom is -0.360 e. The summed E-state index contributed by atoms with van der Waals surface area (Å²) in [4.78, 5) is 22.1. The minimum absolute atomic E-state index is 0.0101. The van der Waals surface area contributed by atoms with Crippen molar-refractivity contribution in [2.24, 2.45) is 0 Å². The molecule has 0 saturated carbocycles. The second kappa shape index (κ2) is 11.1. The highest BCUT2D eigenvalue weighted by Crippen LogP contribution is 2.36. The summed E-state index contributed by atoms with van der Waals surface area (Å²) in [6.07, 6.45) is 9.65. The lowest BCUT2D eigenvalue weighted by Crippen LogP contribution is -2.56. The molecule has 2 aliphatic rings. The Bertz CT molecular complexity index is 1320. The van der Waals surface area contributed by atoms with Gasteiger partial charge in [0, 0.05) is 47.6 Å². The van der Waals surface area contributed by atoms with Gasteiger partial charge in [-0.2, -0.15) is 0 Å². The Kier molecular flexibility index (Phi) is 7.66. The van der Waals surface area contributed by atoms with E-state index in [1.807, 2.05) is 65.7 Å². The van der Waals surface area contributed by atoms with Gasteiger partial charge in [0.2, 0.25) is 5.91 Å². The Hall–Kier alpha value is -2.79. The van der Waals surface area contributed by atoms with Crippen molar-refractivity contribution in [1.82, 2.24) is 9.88 Å². The van der Waals surface area contributed by atoms with E-state index in [1.54, 1.807) is 12.3 Å². The Morgan fingerprint density at radius 1 is 0.972 bits per heavy atom. The topological polar surface area (TPSA) is 36.4 Å². The highest BCUT2D eigenvalue weighted by Gasteiger charge is 2.33. The lowest BCUT2D eigenvalue weighted by Gasteiger charge is -2.44. The molecule has 3 aromatic rings. The third-order valence-electron chi connectivity index (χ3n) is 6.84. The first kappa shape index (κ1) is 24.9. The lowest BCUT2D eigenvalue weighted by atomic mass is 9.93. The number of hydrogen-bond acceptors (Lipinski definition) is 3. The number of nitrogens with zero attached hydrogens (tertiary/aromatic N) is 3. The molecule has 184 valence electrons. The number of carbonyl (C=O) groups excluding carboxylic acids is 1. The van der Waals surface area contributed by atoms with Gasteiger partial charge in [-0.3, -0.25) is 9.78 Å². The highest BCUT2D eigenvalue weighted by atomic mass is 35.5. The molecule has 1 saturated heterocycles. The average Bonchev–Trinajstić information content (AvgIpc) is 2.90. The smallest absolute Gasteiger partial charge is 0.227 e.